The summed E-state index contributed by atoms with van der Waals surface area (Å²) in [6, 6.07) is 6.19. The fraction of sp³-hybridized carbons (Fsp3) is 0.625. The van der Waals surface area contributed by atoms with Gasteiger partial charge >= 0.3 is 0 Å². The molecular formula is C16H25N5O. The van der Waals surface area contributed by atoms with E-state index in [0.717, 1.165) is 58.1 Å². The maximum atomic E-state index is 12.1. The number of hydrogen-bond donors (Lipinski definition) is 1. The second-order valence-corrected chi connectivity index (χ2v) is 6.16. The van der Waals surface area contributed by atoms with E-state index in [1.54, 1.807) is 0 Å². The Morgan fingerprint density at radius 3 is 2.68 bits per heavy atom. The highest BCUT2D eigenvalue weighted by Crippen LogP contribution is 2.13. The molecule has 22 heavy (non-hydrogen) atoms. The molecule has 3 heterocycles. The van der Waals surface area contributed by atoms with Crippen molar-refractivity contribution in [3.8, 4) is 0 Å². The molecule has 3 rings (SSSR count). The minimum Gasteiger partial charge on any atom is -0.354 e. The Morgan fingerprint density at radius 1 is 1.23 bits per heavy atom. The van der Waals surface area contributed by atoms with Crippen LogP contribution >= 0.6 is 0 Å². The highest BCUT2D eigenvalue weighted by atomic mass is 16.2. The van der Waals surface area contributed by atoms with Crippen molar-refractivity contribution in [2.45, 2.75) is 18.9 Å². The first-order valence-electron chi connectivity index (χ1n) is 8.14. The van der Waals surface area contributed by atoms with Crippen molar-refractivity contribution in [3.63, 3.8) is 0 Å². The lowest BCUT2D eigenvalue weighted by molar-refractivity contribution is -0.130. The van der Waals surface area contributed by atoms with Gasteiger partial charge in [-0.3, -0.25) is 9.69 Å². The second kappa shape index (κ2) is 7.07. The number of nitrogens with zero attached hydrogens (tertiary/aromatic N) is 4. The summed E-state index contributed by atoms with van der Waals surface area (Å²) in [6.45, 7) is 6.33. The number of piperazine rings is 1. The number of nitrogens with two attached hydrogens (primary N) is 1. The molecule has 0 aliphatic carbocycles. The van der Waals surface area contributed by atoms with E-state index < -0.39 is 0 Å². The molecule has 2 N–H and O–H groups in total. The van der Waals surface area contributed by atoms with E-state index in [9.17, 15) is 4.79 Å². The zero-order chi connectivity index (χ0) is 15.4. The highest BCUT2D eigenvalue weighted by molar-refractivity contribution is 5.76. The lowest BCUT2D eigenvalue weighted by atomic mass is 10.2. The molecule has 1 aromatic heterocycles. The number of likely N-dealkylation sites (tertiary alicyclic amines) is 1. The smallest absolute Gasteiger partial charge is 0.223 e. The molecule has 1 amide bonds. The third-order valence-corrected chi connectivity index (χ3v) is 4.56. The monoisotopic (exact) mass is 303 g/mol. The van der Waals surface area contributed by atoms with Gasteiger partial charge in [-0.25, -0.2) is 4.98 Å². The first kappa shape index (κ1) is 15.2. The Hall–Kier alpha value is -1.66. The van der Waals surface area contributed by atoms with Gasteiger partial charge in [0.15, 0.2) is 0 Å². The topological polar surface area (TPSA) is 65.7 Å². The summed E-state index contributed by atoms with van der Waals surface area (Å²) in [6.07, 6.45) is 3.38. The molecule has 0 unspecified atom stereocenters. The predicted molar refractivity (Wildman–Crippen MR) is 86.7 cm³/mol. The van der Waals surface area contributed by atoms with Crippen molar-refractivity contribution in [1.29, 1.82) is 0 Å². The molecule has 6 heteroatoms. The Labute approximate surface area is 131 Å². The van der Waals surface area contributed by atoms with Gasteiger partial charge in [-0.15, -0.1) is 0 Å². The van der Waals surface area contributed by atoms with Crippen molar-refractivity contribution < 1.29 is 4.79 Å². The van der Waals surface area contributed by atoms with E-state index in [4.69, 9.17) is 5.73 Å². The fourth-order valence-corrected chi connectivity index (χ4v) is 3.17. The van der Waals surface area contributed by atoms with Gasteiger partial charge < -0.3 is 15.5 Å². The zero-order valence-electron chi connectivity index (χ0n) is 13.0. The van der Waals surface area contributed by atoms with Crippen molar-refractivity contribution in [2.75, 3.05) is 50.7 Å². The van der Waals surface area contributed by atoms with E-state index in [1.807, 2.05) is 23.2 Å². The Kier molecular flexibility index (Phi) is 4.90. The second-order valence-electron chi connectivity index (χ2n) is 6.16. The Bertz CT molecular complexity index is 487. The Balaban J connectivity index is 1.40. The standard InChI is InChI=1S/C16H25N5O/c17-14-4-8-21(13-14)16(22)5-7-19-9-11-20(12-10-19)15-3-1-2-6-18-15/h1-3,6,14H,4-5,7-13,17H2/t14-/m1/s1. The molecule has 2 saturated heterocycles. The maximum absolute atomic E-state index is 12.1. The van der Waals surface area contributed by atoms with Crippen molar-refractivity contribution in [2.24, 2.45) is 5.73 Å². The maximum Gasteiger partial charge on any atom is 0.223 e. The highest BCUT2D eigenvalue weighted by Gasteiger charge is 2.24. The molecule has 0 radical (unpaired) electrons. The van der Waals surface area contributed by atoms with Crippen molar-refractivity contribution >= 4 is 11.7 Å². The summed E-state index contributed by atoms with van der Waals surface area (Å²) in [5, 5.41) is 0. The minimum absolute atomic E-state index is 0.172. The first-order valence-corrected chi connectivity index (χ1v) is 8.14. The van der Waals surface area contributed by atoms with Crippen LogP contribution < -0.4 is 10.6 Å². The van der Waals surface area contributed by atoms with Crippen LogP contribution in [0.4, 0.5) is 5.82 Å². The molecule has 6 nitrogen and oxygen atoms in total. The van der Waals surface area contributed by atoms with Crippen LogP contribution in [0.3, 0.4) is 0 Å². The van der Waals surface area contributed by atoms with E-state index in [2.05, 4.69) is 20.9 Å². The molecule has 1 atom stereocenters. The SMILES string of the molecule is N[C@@H]1CCN(C(=O)CCN2CCN(c3ccccn3)CC2)C1. The van der Waals surface area contributed by atoms with Gasteiger partial charge in [0.05, 0.1) is 0 Å². The fourth-order valence-electron chi connectivity index (χ4n) is 3.17. The van der Waals surface area contributed by atoms with Crippen LogP contribution in [0, 0.1) is 0 Å². The van der Waals surface area contributed by atoms with E-state index in [0.29, 0.717) is 6.42 Å². The van der Waals surface area contributed by atoms with Crippen molar-refractivity contribution in [1.82, 2.24) is 14.8 Å². The summed E-state index contributed by atoms with van der Waals surface area (Å²) in [5.74, 6) is 1.30. The van der Waals surface area contributed by atoms with Gasteiger partial charge in [-0.1, -0.05) is 6.07 Å². The molecule has 0 saturated carbocycles. The van der Waals surface area contributed by atoms with Gasteiger partial charge in [0, 0.05) is 64.5 Å². The third-order valence-electron chi connectivity index (χ3n) is 4.56. The van der Waals surface area contributed by atoms with Crippen LogP contribution in [0.15, 0.2) is 24.4 Å². The lowest BCUT2D eigenvalue weighted by Gasteiger charge is -2.35. The molecule has 2 fully saturated rings. The van der Waals surface area contributed by atoms with Crippen LogP contribution in [0.2, 0.25) is 0 Å². The average Bonchev–Trinajstić information content (AvgIpc) is 3.00. The number of rotatable bonds is 4. The summed E-state index contributed by atoms with van der Waals surface area (Å²) < 4.78 is 0. The van der Waals surface area contributed by atoms with Gasteiger partial charge in [0.1, 0.15) is 5.82 Å². The quantitative estimate of drug-likeness (QED) is 0.858. The molecule has 2 aliphatic rings. The van der Waals surface area contributed by atoms with E-state index in [-0.39, 0.29) is 11.9 Å². The van der Waals surface area contributed by atoms with Crippen LogP contribution in [-0.2, 0) is 4.79 Å². The molecule has 2 aliphatic heterocycles. The lowest BCUT2D eigenvalue weighted by Crippen LogP contribution is -2.47. The predicted octanol–water partition coefficient (Wildman–Crippen LogP) is 0.153. The average molecular weight is 303 g/mol. The summed E-state index contributed by atoms with van der Waals surface area (Å²) in [4.78, 5) is 23.1. The van der Waals surface area contributed by atoms with Gasteiger partial charge in [-0.05, 0) is 18.6 Å². The van der Waals surface area contributed by atoms with E-state index in [1.165, 1.54) is 0 Å². The van der Waals surface area contributed by atoms with Crippen LogP contribution in [0.5, 0.6) is 0 Å². The largest absolute Gasteiger partial charge is 0.354 e. The minimum atomic E-state index is 0.172. The molecule has 0 aromatic carbocycles. The number of aromatic nitrogens is 1. The third kappa shape index (κ3) is 3.75. The van der Waals surface area contributed by atoms with Crippen LogP contribution in [0.1, 0.15) is 12.8 Å². The summed E-state index contributed by atoms with van der Waals surface area (Å²) in [7, 11) is 0. The van der Waals surface area contributed by atoms with Gasteiger partial charge in [0.25, 0.3) is 0 Å². The molecular weight excluding hydrogens is 278 g/mol. The van der Waals surface area contributed by atoms with Gasteiger partial charge in [0.2, 0.25) is 5.91 Å². The zero-order valence-corrected chi connectivity index (χ0v) is 13.0. The molecule has 120 valence electrons. The van der Waals surface area contributed by atoms with Crippen molar-refractivity contribution in [3.05, 3.63) is 24.4 Å². The molecule has 1 aromatic rings. The number of carbonyl (C=O) groups excluding carboxylic acids is 1. The first-order chi connectivity index (χ1) is 10.7. The Morgan fingerprint density at radius 2 is 2.05 bits per heavy atom. The van der Waals surface area contributed by atoms with E-state index >= 15 is 0 Å². The molecule has 0 spiro atoms. The molecule has 0 bridgehead atoms. The number of anilines is 1. The van der Waals surface area contributed by atoms with Gasteiger partial charge in [-0.2, -0.15) is 0 Å². The normalized spacial score (nSPS) is 23.0. The number of amides is 1. The van der Waals surface area contributed by atoms with Crippen LogP contribution in [0.25, 0.3) is 0 Å². The van der Waals surface area contributed by atoms with Crippen LogP contribution in [-0.4, -0.2) is 72.5 Å². The number of pyridine rings is 1. The number of hydrogen-bond acceptors (Lipinski definition) is 5. The number of carbonyl (C=O) groups is 1. The summed E-state index contributed by atoms with van der Waals surface area (Å²) in [5.41, 5.74) is 5.86. The summed E-state index contributed by atoms with van der Waals surface area (Å²) >= 11 is 0.